The van der Waals surface area contributed by atoms with Crippen LogP contribution in [0.15, 0.2) is 11.6 Å². The van der Waals surface area contributed by atoms with Crippen LogP contribution < -0.4 is 0 Å². The zero-order valence-electron chi connectivity index (χ0n) is 17.3. The summed E-state index contributed by atoms with van der Waals surface area (Å²) in [4.78, 5) is 13.3. The third kappa shape index (κ3) is 2.58. The van der Waals surface area contributed by atoms with Crippen LogP contribution in [0.25, 0.3) is 0 Å². The third-order valence-electron chi connectivity index (χ3n) is 9.42. The van der Waals surface area contributed by atoms with Crippen molar-refractivity contribution < 1.29 is 9.90 Å². The number of hydrogen-bond donors (Lipinski definition) is 1. The number of hydrogen-bond acceptors (Lipinski definition) is 2. The molecule has 3 fully saturated rings. The first-order valence-corrected chi connectivity index (χ1v) is 11.2. The van der Waals surface area contributed by atoms with Gasteiger partial charge in [0.05, 0.1) is 6.10 Å². The summed E-state index contributed by atoms with van der Waals surface area (Å²) in [5, 5.41) is 10.1. The predicted molar refractivity (Wildman–Crippen MR) is 106 cm³/mol. The highest BCUT2D eigenvalue weighted by atomic mass is 16.3. The fourth-order valence-electron chi connectivity index (χ4n) is 8.01. The van der Waals surface area contributed by atoms with Gasteiger partial charge in [-0.2, -0.15) is 0 Å². The lowest BCUT2D eigenvalue weighted by molar-refractivity contribution is -0.135. The van der Waals surface area contributed by atoms with Crippen LogP contribution in [0.5, 0.6) is 0 Å². The molecular weight excluding hydrogens is 320 g/mol. The zero-order chi connectivity index (χ0) is 18.7. The molecule has 0 spiro atoms. The molecule has 4 rings (SSSR count). The standard InChI is InChI=1S/C24H38O2/c1-5-6-15(2)18-7-8-19-22-20(10-12-24(18,19)4)23(3)11-9-17(25)13-16(23)14-21(22)26/h14-15,17-20,22,25H,5-13H2,1-4H3/t15-,17+,18?,19?,20?,22?,23+,24-/m1/s1. The molecule has 3 saturated carbocycles. The molecule has 2 heteroatoms. The fraction of sp³-hybridized carbons (Fsp3) is 0.875. The number of rotatable bonds is 3. The molecular formula is C24H38O2. The molecule has 8 atom stereocenters. The molecule has 0 saturated heterocycles. The van der Waals surface area contributed by atoms with Gasteiger partial charge in [0.2, 0.25) is 0 Å². The molecule has 4 unspecified atom stereocenters. The fourth-order valence-corrected chi connectivity index (χ4v) is 8.01. The number of aliphatic hydroxyl groups is 1. The van der Waals surface area contributed by atoms with Crippen LogP contribution in [0.2, 0.25) is 0 Å². The van der Waals surface area contributed by atoms with E-state index in [1.807, 2.05) is 6.08 Å². The second kappa shape index (κ2) is 6.47. The second-order valence-electron chi connectivity index (χ2n) is 10.6. The third-order valence-corrected chi connectivity index (χ3v) is 9.42. The Hall–Kier alpha value is -0.630. The van der Waals surface area contributed by atoms with E-state index in [1.54, 1.807) is 0 Å². The number of aliphatic hydroxyl groups excluding tert-OH is 1. The monoisotopic (exact) mass is 358 g/mol. The van der Waals surface area contributed by atoms with Crippen molar-refractivity contribution in [2.24, 2.45) is 40.4 Å². The lowest BCUT2D eigenvalue weighted by Gasteiger charge is -2.57. The smallest absolute Gasteiger partial charge is 0.159 e. The van der Waals surface area contributed by atoms with Gasteiger partial charge in [-0.05, 0) is 85.5 Å². The molecule has 146 valence electrons. The molecule has 0 heterocycles. The molecule has 0 aliphatic heterocycles. The number of ketones is 1. The molecule has 1 N–H and O–H groups in total. The highest BCUT2D eigenvalue weighted by Gasteiger charge is 2.61. The second-order valence-corrected chi connectivity index (χ2v) is 10.6. The minimum Gasteiger partial charge on any atom is -0.393 e. The van der Waals surface area contributed by atoms with Gasteiger partial charge in [-0.15, -0.1) is 0 Å². The van der Waals surface area contributed by atoms with Crippen LogP contribution >= 0.6 is 0 Å². The highest BCUT2D eigenvalue weighted by Crippen LogP contribution is 2.66. The minimum absolute atomic E-state index is 0.159. The number of carbonyl (C=O) groups excluding carboxylic acids is 1. The summed E-state index contributed by atoms with van der Waals surface area (Å²) in [5.74, 6) is 3.33. The average Bonchev–Trinajstić information content (AvgIpc) is 2.94. The van der Waals surface area contributed by atoms with Gasteiger partial charge < -0.3 is 5.11 Å². The lowest BCUT2D eigenvalue weighted by Crippen LogP contribution is -2.53. The maximum atomic E-state index is 13.3. The Balaban J connectivity index is 1.66. The first-order chi connectivity index (χ1) is 12.3. The van der Waals surface area contributed by atoms with E-state index in [1.165, 1.54) is 44.1 Å². The summed E-state index contributed by atoms with van der Waals surface area (Å²) in [7, 11) is 0. The lowest BCUT2D eigenvalue weighted by atomic mass is 9.46. The van der Waals surface area contributed by atoms with Gasteiger partial charge in [-0.3, -0.25) is 4.79 Å². The van der Waals surface area contributed by atoms with Crippen LogP contribution in [0.3, 0.4) is 0 Å². The maximum absolute atomic E-state index is 13.3. The normalized spacial score (nSPS) is 49.0. The molecule has 26 heavy (non-hydrogen) atoms. The Kier molecular flexibility index (Phi) is 4.66. The number of allylic oxidation sites excluding steroid dienone is 1. The van der Waals surface area contributed by atoms with Crippen LogP contribution in [-0.2, 0) is 4.79 Å². The van der Waals surface area contributed by atoms with Crippen molar-refractivity contribution in [3.8, 4) is 0 Å². The van der Waals surface area contributed by atoms with Crippen LogP contribution in [0.1, 0.15) is 85.5 Å². The predicted octanol–water partition coefficient (Wildman–Crippen LogP) is 5.54. The largest absolute Gasteiger partial charge is 0.393 e. The molecule has 0 radical (unpaired) electrons. The number of carbonyl (C=O) groups is 1. The Bertz CT molecular complexity index is 607. The van der Waals surface area contributed by atoms with Gasteiger partial charge in [-0.1, -0.05) is 46.1 Å². The Morgan fingerprint density at radius 1 is 1.15 bits per heavy atom. The van der Waals surface area contributed by atoms with Gasteiger partial charge in [0, 0.05) is 5.92 Å². The van der Waals surface area contributed by atoms with E-state index in [0.717, 1.165) is 31.1 Å². The molecule has 0 amide bonds. The zero-order valence-corrected chi connectivity index (χ0v) is 17.3. The van der Waals surface area contributed by atoms with Gasteiger partial charge in [0.1, 0.15) is 0 Å². The number of fused-ring (bicyclic) bond motifs is 5. The molecule has 0 aromatic carbocycles. The van der Waals surface area contributed by atoms with E-state index in [0.29, 0.717) is 23.0 Å². The van der Waals surface area contributed by atoms with E-state index in [9.17, 15) is 9.90 Å². The summed E-state index contributed by atoms with van der Waals surface area (Å²) in [6.45, 7) is 9.69. The van der Waals surface area contributed by atoms with Gasteiger partial charge in [-0.25, -0.2) is 0 Å². The average molecular weight is 359 g/mol. The summed E-state index contributed by atoms with van der Waals surface area (Å²) in [6.07, 6.45) is 12.1. The van der Waals surface area contributed by atoms with Gasteiger partial charge in [0.15, 0.2) is 5.78 Å². The Labute approximate surface area is 159 Å². The van der Waals surface area contributed by atoms with Crippen LogP contribution in [0, 0.1) is 40.4 Å². The van der Waals surface area contributed by atoms with Crippen molar-refractivity contribution in [1.82, 2.24) is 0 Å². The van der Waals surface area contributed by atoms with E-state index in [-0.39, 0.29) is 17.4 Å². The van der Waals surface area contributed by atoms with Crippen LogP contribution in [0.4, 0.5) is 0 Å². The quantitative estimate of drug-likeness (QED) is 0.719. The van der Waals surface area contributed by atoms with E-state index >= 15 is 0 Å². The van der Waals surface area contributed by atoms with E-state index < -0.39 is 0 Å². The van der Waals surface area contributed by atoms with E-state index in [2.05, 4.69) is 27.7 Å². The summed E-state index contributed by atoms with van der Waals surface area (Å²) < 4.78 is 0. The molecule has 0 aromatic rings. The summed E-state index contributed by atoms with van der Waals surface area (Å²) in [6, 6.07) is 0. The molecule has 0 aromatic heterocycles. The SMILES string of the molecule is CCC[C@@H](C)C1CCC2C3C(=O)C=C4C[C@@H](O)CC[C@]4(C)C3CC[C@@]21C. The first kappa shape index (κ1) is 18.7. The van der Waals surface area contributed by atoms with Crippen molar-refractivity contribution >= 4 is 5.78 Å². The van der Waals surface area contributed by atoms with Crippen LogP contribution in [-0.4, -0.2) is 17.0 Å². The Morgan fingerprint density at radius 2 is 1.92 bits per heavy atom. The Morgan fingerprint density at radius 3 is 2.65 bits per heavy atom. The first-order valence-electron chi connectivity index (χ1n) is 11.2. The summed E-state index contributed by atoms with van der Waals surface area (Å²) in [5.41, 5.74) is 1.79. The van der Waals surface area contributed by atoms with Crippen molar-refractivity contribution in [3.05, 3.63) is 11.6 Å². The van der Waals surface area contributed by atoms with Crippen molar-refractivity contribution in [2.45, 2.75) is 91.6 Å². The van der Waals surface area contributed by atoms with Gasteiger partial charge >= 0.3 is 0 Å². The van der Waals surface area contributed by atoms with Crippen molar-refractivity contribution in [3.63, 3.8) is 0 Å². The molecule has 2 nitrogen and oxygen atoms in total. The van der Waals surface area contributed by atoms with Crippen molar-refractivity contribution in [1.29, 1.82) is 0 Å². The molecule has 4 aliphatic carbocycles. The minimum atomic E-state index is -0.238. The summed E-state index contributed by atoms with van der Waals surface area (Å²) >= 11 is 0. The molecule has 4 aliphatic rings. The molecule has 0 bridgehead atoms. The topological polar surface area (TPSA) is 37.3 Å². The van der Waals surface area contributed by atoms with E-state index in [4.69, 9.17) is 0 Å². The van der Waals surface area contributed by atoms with Gasteiger partial charge in [0.25, 0.3) is 0 Å². The van der Waals surface area contributed by atoms with Crippen molar-refractivity contribution in [2.75, 3.05) is 0 Å². The maximum Gasteiger partial charge on any atom is 0.159 e. The highest BCUT2D eigenvalue weighted by molar-refractivity contribution is 5.94.